The van der Waals surface area contributed by atoms with Crippen LogP contribution in [0.5, 0.6) is 0 Å². The minimum atomic E-state index is -0.395. The molecule has 0 aliphatic heterocycles. The second kappa shape index (κ2) is 5.61. The summed E-state index contributed by atoms with van der Waals surface area (Å²) in [4.78, 5) is 11.5. The van der Waals surface area contributed by atoms with Gasteiger partial charge in [0.2, 0.25) is 0 Å². The first-order chi connectivity index (χ1) is 7.15. The Morgan fingerprint density at radius 1 is 1.53 bits per heavy atom. The van der Waals surface area contributed by atoms with Crippen molar-refractivity contribution in [3.8, 4) is 0 Å². The van der Waals surface area contributed by atoms with Gasteiger partial charge in [-0.15, -0.1) is 0 Å². The van der Waals surface area contributed by atoms with Crippen molar-refractivity contribution in [2.24, 2.45) is 0 Å². The summed E-state index contributed by atoms with van der Waals surface area (Å²) in [6.45, 7) is 2.46. The van der Waals surface area contributed by atoms with Crippen LogP contribution in [0.15, 0.2) is 18.2 Å². The van der Waals surface area contributed by atoms with Crippen molar-refractivity contribution in [2.75, 3.05) is 12.3 Å². The molecular weight excluding hydrogens is 214 g/mol. The van der Waals surface area contributed by atoms with E-state index in [0.717, 1.165) is 12.8 Å². The Kier molecular flexibility index (Phi) is 4.43. The predicted octanol–water partition coefficient (Wildman–Crippen LogP) is 2.88. The number of halogens is 1. The molecule has 0 aliphatic rings. The quantitative estimate of drug-likeness (QED) is 0.489. The molecule has 0 atom stereocenters. The summed E-state index contributed by atoms with van der Waals surface area (Å²) in [5.74, 6) is -0.395. The van der Waals surface area contributed by atoms with E-state index in [0.29, 0.717) is 22.9 Å². The molecule has 0 unspecified atom stereocenters. The molecule has 1 rings (SSSR count). The van der Waals surface area contributed by atoms with Crippen molar-refractivity contribution in [1.82, 2.24) is 0 Å². The predicted molar refractivity (Wildman–Crippen MR) is 61.1 cm³/mol. The molecule has 0 bridgehead atoms. The van der Waals surface area contributed by atoms with E-state index in [-0.39, 0.29) is 0 Å². The van der Waals surface area contributed by atoms with E-state index >= 15 is 0 Å². The Morgan fingerprint density at radius 2 is 2.27 bits per heavy atom. The zero-order chi connectivity index (χ0) is 11.3. The van der Waals surface area contributed by atoms with E-state index in [1.807, 2.05) is 6.92 Å². The summed E-state index contributed by atoms with van der Waals surface area (Å²) in [5, 5.41) is 0.330. The number of anilines is 1. The average molecular weight is 228 g/mol. The van der Waals surface area contributed by atoms with E-state index in [2.05, 4.69) is 0 Å². The highest BCUT2D eigenvalue weighted by atomic mass is 35.5. The first kappa shape index (κ1) is 11.9. The van der Waals surface area contributed by atoms with Crippen LogP contribution in [0.4, 0.5) is 5.69 Å². The zero-order valence-corrected chi connectivity index (χ0v) is 9.38. The standard InChI is InChI=1S/C11H14ClNO2/c1-2-3-6-15-11(14)9-5-4-8(13)7-10(9)12/h4-5,7H,2-3,6,13H2,1H3. The van der Waals surface area contributed by atoms with Crippen molar-refractivity contribution in [2.45, 2.75) is 19.8 Å². The van der Waals surface area contributed by atoms with Crippen LogP contribution in [0.2, 0.25) is 5.02 Å². The lowest BCUT2D eigenvalue weighted by molar-refractivity contribution is 0.0500. The number of hydrogen-bond acceptors (Lipinski definition) is 3. The molecule has 1 aromatic carbocycles. The molecule has 0 aromatic heterocycles. The topological polar surface area (TPSA) is 52.3 Å². The average Bonchev–Trinajstić information content (AvgIpc) is 2.17. The monoisotopic (exact) mass is 227 g/mol. The summed E-state index contributed by atoms with van der Waals surface area (Å²) in [6, 6.07) is 4.74. The highest BCUT2D eigenvalue weighted by Crippen LogP contribution is 2.19. The molecule has 0 aliphatic carbocycles. The van der Waals surface area contributed by atoms with Crippen molar-refractivity contribution in [3.63, 3.8) is 0 Å². The summed E-state index contributed by atoms with van der Waals surface area (Å²) in [7, 11) is 0. The molecule has 0 amide bonds. The third-order valence-electron chi connectivity index (χ3n) is 1.94. The number of unbranched alkanes of at least 4 members (excludes halogenated alkanes) is 1. The van der Waals surface area contributed by atoms with Gasteiger partial charge in [0.15, 0.2) is 0 Å². The van der Waals surface area contributed by atoms with E-state index in [9.17, 15) is 4.79 Å². The number of ether oxygens (including phenoxy) is 1. The van der Waals surface area contributed by atoms with Gasteiger partial charge in [-0.2, -0.15) is 0 Å². The lowest BCUT2D eigenvalue weighted by Crippen LogP contribution is -2.07. The minimum Gasteiger partial charge on any atom is -0.462 e. The molecule has 0 saturated carbocycles. The fraction of sp³-hybridized carbons (Fsp3) is 0.364. The van der Waals surface area contributed by atoms with Crippen molar-refractivity contribution < 1.29 is 9.53 Å². The molecule has 0 heterocycles. The van der Waals surface area contributed by atoms with Crippen LogP contribution >= 0.6 is 11.6 Å². The maximum atomic E-state index is 11.5. The lowest BCUT2D eigenvalue weighted by atomic mass is 10.2. The van der Waals surface area contributed by atoms with Gasteiger partial charge in [-0.3, -0.25) is 0 Å². The number of carbonyl (C=O) groups excluding carboxylic acids is 1. The van der Waals surface area contributed by atoms with Crippen LogP contribution in [0.3, 0.4) is 0 Å². The molecule has 1 aromatic rings. The first-order valence-corrected chi connectivity index (χ1v) is 5.25. The van der Waals surface area contributed by atoms with Crippen molar-refractivity contribution in [3.05, 3.63) is 28.8 Å². The molecule has 0 radical (unpaired) electrons. The van der Waals surface area contributed by atoms with Gasteiger partial charge in [-0.1, -0.05) is 24.9 Å². The summed E-state index contributed by atoms with van der Waals surface area (Å²) in [6.07, 6.45) is 1.85. The van der Waals surface area contributed by atoms with Gasteiger partial charge in [0.1, 0.15) is 0 Å². The largest absolute Gasteiger partial charge is 0.462 e. The van der Waals surface area contributed by atoms with Crippen LogP contribution in [0.25, 0.3) is 0 Å². The lowest BCUT2D eigenvalue weighted by Gasteiger charge is -2.05. The van der Waals surface area contributed by atoms with E-state index in [4.69, 9.17) is 22.1 Å². The van der Waals surface area contributed by atoms with Gasteiger partial charge in [0, 0.05) is 5.69 Å². The van der Waals surface area contributed by atoms with E-state index in [1.165, 1.54) is 6.07 Å². The zero-order valence-electron chi connectivity index (χ0n) is 8.63. The normalized spacial score (nSPS) is 10.0. The minimum absolute atomic E-state index is 0.330. The van der Waals surface area contributed by atoms with Crippen LogP contribution in [-0.2, 0) is 4.74 Å². The van der Waals surface area contributed by atoms with Crippen molar-refractivity contribution >= 4 is 23.3 Å². The van der Waals surface area contributed by atoms with Crippen molar-refractivity contribution in [1.29, 1.82) is 0 Å². The molecule has 0 spiro atoms. The SMILES string of the molecule is CCCCOC(=O)c1ccc(N)cc1Cl. The van der Waals surface area contributed by atoms with E-state index in [1.54, 1.807) is 12.1 Å². The molecule has 0 saturated heterocycles. The van der Waals surface area contributed by atoms with Gasteiger partial charge in [0.25, 0.3) is 0 Å². The number of nitrogen functional groups attached to an aromatic ring is 1. The summed E-state index contributed by atoms with van der Waals surface area (Å²) < 4.78 is 5.02. The highest BCUT2D eigenvalue weighted by Gasteiger charge is 2.11. The van der Waals surface area contributed by atoms with Gasteiger partial charge in [0.05, 0.1) is 17.2 Å². The Morgan fingerprint density at radius 3 is 2.87 bits per heavy atom. The molecule has 82 valence electrons. The molecule has 0 fully saturated rings. The second-order valence-electron chi connectivity index (χ2n) is 3.23. The third-order valence-corrected chi connectivity index (χ3v) is 2.26. The van der Waals surface area contributed by atoms with Crippen LogP contribution in [0.1, 0.15) is 30.1 Å². The Balaban J connectivity index is 2.65. The van der Waals surface area contributed by atoms with Gasteiger partial charge < -0.3 is 10.5 Å². The Hall–Kier alpha value is -1.22. The van der Waals surface area contributed by atoms with Crippen LogP contribution in [-0.4, -0.2) is 12.6 Å². The fourth-order valence-corrected chi connectivity index (χ4v) is 1.35. The number of carbonyl (C=O) groups is 1. The Bertz CT molecular complexity index is 352. The third kappa shape index (κ3) is 3.44. The van der Waals surface area contributed by atoms with Gasteiger partial charge in [-0.05, 0) is 24.6 Å². The number of rotatable bonds is 4. The molecule has 15 heavy (non-hydrogen) atoms. The van der Waals surface area contributed by atoms with E-state index < -0.39 is 5.97 Å². The maximum Gasteiger partial charge on any atom is 0.339 e. The number of hydrogen-bond donors (Lipinski definition) is 1. The molecule has 3 nitrogen and oxygen atoms in total. The number of esters is 1. The smallest absolute Gasteiger partial charge is 0.339 e. The van der Waals surface area contributed by atoms with Crippen LogP contribution < -0.4 is 5.73 Å². The maximum absolute atomic E-state index is 11.5. The summed E-state index contributed by atoms with van der Waals surface area (Å²) >= 11 is 5.86. The number of benzene rings is 1. The van der Waals surface area contributed by atoms with Gasteiger partial charge in [-0.25, -0.2) is 4.79 Å². The molecule has 2 N–H and O–H groups in total. The second-order valence-corrected chi connectivity index (χ2v) is 3.64. The van der Waals surface area contributed by atoms with Crippen LogP contribution in [0, 0.1) is 0 Å². The first-order valence-electron chi connectivity index (χ1n) is 4.87. The fourth-order valence-electron chi connectivity index (χ4n) is 1.08. The summed E-state index contributed by atoms with van der Waals surface area (Å²) in [5.41, 5.74) is 6.41. The molecule has 4 heteroatoms. The number of nitrogens with two attached hydrogens (primary N) is 1. The molecular formula is C11H14ClNO2. The van der Waals surface area contributed by atoms with Gasteiger partial charge >= 0.3 is 5.97 Å². The highest BCUT2D eigenvalue weighted by molar-refractivity contribution is 6.33. The Labute approximate surface area is 94.2 Å².